The van der Waals surface area contributed by atoms with Crippen LogP contribution < -0.4 is 15.8 Å². The Morgan fingerprint density at radius 1 is 1.30 bits per heavy atom. The summed E-state index contributed by atoms with van der Waals surface area (Å²) in [6, 6.07) is 7.35. The van der Waals surface area contributed by atoms with Crippen molar-refractivity contribution in [2.24, 2.45) is 11.8 Å². The molecule has 4 nitrogen and oxygen atoms in total. The van der Waals surface area contributed by atoms with Crippen LogP contribution in [-0.4, -0.2) is 18.6 Å². The minimum atomic E-state index is -0.0484. The third-order valence-electron chi connectivity index (χ3n) is 4.30. The van der Waals surface area contributed by atoms with Crippen molar-refractivity contribution >= 4 is 11.6 Å². The van der Waals surface area contributed by atoms with E-state index in [2.05, 4.69) is 19.2 Å². The molecule has 0 spiro atoms. The Kier molecular flexibility index (Phi) is 4.88. The second-order valence-corrected chi connectivity index (χ2v) is 5.80. The quantitative estimate of drug-likeness (QED) is 0.831. The number of nitrogens with two attached hydrogens (primary N) is 1. The van der Waals surface area contributed by atoms with Gasteiger partial charge < -0.3 is 15.8 Å². The fourth-order valence-corrected chi connectivity index (χ4v) is 2.75. The van der Waals surface area contributed by atoms with E-state index < -0.39 is 0 Å². The summed E-state index contributed by atoms with van der Waals surface area (Å²) in [5.74, 6) is 1.82. The van der Waals surface area contributed by atoms with Gasteiger partial charge in [0, 0.05) is 11.7 Å². The van der Waals surface area contributed by atoms with E-state index >= 15 is 0 Å². The van der Waals surface area contributed by atoms with Gasteiger partial charge in [0.15, 0.2) is 6.61 Å². The number of hydrogen-bond acceptors (Lipinski definition) is 3. The van der Waals surface area contributed by atoms with Gasteiger partial charge in [0.2, 0.25) is 0 Å². The first-order chi connectivity index (χ1) is 9.56. The highest BCUT2D eigenvalue weighted by Crippen LogP contribution is 2.29. The topological polar surface area (TPSA) is 64.3 Å². The lowest BCUT2D eigenvalue weighted by atomic mass is 9.78. The van der Waals surface area contributed by atoms with Crippen molar-refractivity contribution < 1.29 is 9.53 Å². The predicted octanol–water partition coefficient (Wildman–Crippen LogP) is 2.59. The van der Waals surface area contributed by atoms with Gasteiger partial charge >= 0.3 is 0 Å². The number of nitrogen functional groups attached to an aromatic ring is 1. The second-order valence-electron chi connectivity index (χ2n) is 5.80. The van der Waals surface area contributed by atoms with Gasteiger partial charge in [0.05, 0.1) is 0 Å². The summed E-state index contributed by atoms with van der Waals surface area (Å²) in [4.78, 5) is 11.9. The van der Waals surface area contributed by atoms with Crippen LogP contribution >= 0.6 is 0 Å². The summed E-state index contributed by atoms with van der Waals surface area (Å²) in [5, 5.41) is 3.09. The van der Waals surface area contributed by atoms with Gasteiger partial charge in [0.1, 0.15) is 5.75 Å². The fraction of sp³-hybridized carbons (Fsp3) is 0.562. The van der Waals surface area contributed by atoms with Crippen LogP contribution in [0.15, 0.2) is 24.3 Å². The third kappa shape index (κ3) is 3.89. The van der Waals surface area contributed by atoms with E-state index in [9.17, 15) is 4.79 Å². The van der Waals surface area contributed by atoms with Gasteiger partial charge in [-0.1, -0.05) is 26.7 Å². The summed E-state index contributed by atoms with van der Waals surface area (Å²) in [7, 11) is 0. The Balaban J connectivity index is 1.79. The summed E-state index contributed by atoms with van der Waals surface area (Å²) in [6.45, 7) is 4.53. The number of rotatable bonds is 4. The molecule has 1 saturated carbocycles. The molecule has 0 bridgehead atoms. The van der Waals surface area contributed by atoms with Gasteiger partial charge in [-0.05, 0) is 42.5 Å². The normalized spacial score (nSPS) is 26.0. The largest absolute Gasteiger partial charge is 0.484 e. The molecule has 0 heterocycles. The molecule has 1 amide bonds. The smallest absolute Gasteiger partial charge is 0.258 e. The molecule has 0 aliphatic heterocycles. The molecule has 0 radical (unpaired) electrons. The summed E-state index contributed by atoms with van der Waals surface area (Å²) in [6.07, 6.45) is 3.52. The van der Waals surface area contributed by atoms with E-state index in [1.165, 1.54) is 12.8 Å². The van der Waals surface area contributed by atoms with Crippen molar-refractivity contribution in [2.45, 2.75) is 39.2 Å². The molecule has 3 N–H and O–H groups in total. The Morgan fingerprint density at radius 3 is 2.70 bits per heavy atom. The third-order valence-corrected chi connectivity index (χ3v) is 4.30. The zero-order chi connectivity index (χ0) is 14.5. The molecule has 110 valence electrons. The SMILES string of the molecule is CC1CCCC(NC(=O)COc2ccc(N)cc2)C1C. The van der Waals surface area contributed by atoms with Crippen LogP contribution in [0.3, 0.4) is 0 Å². The molecule has 0 saturated heterocycles. The maximum Gasteiger partial charge on any atom is 0.258 e. The number of benzene rings is 1. The average Bonchev–Trinajstić information content (AvgIpc) is 2.43. The summed E-state index contributed by atoms with van der Waals surface area (Å²) < 4.78 is 5.46. The van der Waals surface area contributed by atoms with Gasteiger partial charge in [-0.2, -0.15) is 0 Å². The lowest BCUT2D eigenvalue weighted by Crippen LogP contribution is -2.45. The minimum Gasteiger partial charge on any atom is -0.484 e. The monoisotopic (exact) mass is 276 g/mol. The van der Waals surface area contributed by atoms with E-state index in [1.54, 1.807) is 24.3 Å². The summed E-state index contributed by atoms with van der Waals surface area (Å²) >= 11 is 0. The number of hydrogen-bond donors (Lipinski definition) is 2. The summed E-state index contributed by atoms with van der Waals surface area (Å²) in [5.41, 5.74) is 6.29. The van der Waals surface area contributed by atoms with Crippen molar-refractivity contribution in [3.63, 3.8) is 0 Å². The van der Waals surface area contributed by atoms with E-state index in [1.807, 2.05) is 0 Å². The van der Waals surface area contributed by atoms with Gasteiger partial charge in [-0.3, -0.25) is 4.79 Å². The molecule has 1 aliphatic rings. The van der Waals surface area contributed by atoms with Crippen LogP contribution in [0.2, 0.25) is 0 Å². The number of anilines is 1. The van der Waals surface area contributed by atoms with Gasteiger partial charge in [0.25, 0.3) is 5.91 Å². The average molecular weight is 276 g/mol. The molecule has 1 aromatic rings. The van der Waals surface area contributed by atoms with Crippen molar-refractivity contribution in [1.82, 2.24) is 5.32 Å². The zero-order valence-electron chi connectivity index (χ0n) is 12.3. The maximum atomic E-state index is 11.9. The first-order valence-corrected chi connectivity index (χ1v) is 7.34. The Bertz CT molecular complexity index is 444. The van der Waals surface area contributed by atoms with Crippen LogP contribution in [0, 0.1) is 11.8 Å². The van der Waals surface area contributed by atoms with Gasteiger partial charge in [-0.25, -0.2) is 0 Å². The number of ether oxygens (including phenoxy) is 1. The number of nitrogens with one attached hydrogen (secondary N) is 1. The van der Waals surface area contributed by atoms with Crippen LogP contribution in [-0.2, 0) is 4.79 Å². The molecule has 1 fully saturated rings. The fourth-order valence-electron chi connectivity index (χ4n) is 2.75. The lowest BCUT2D eigenvalue weighted by molar-refractivity contribution is -0.124. The molecule has 20 heavy (non-hydrogen) atoms. The highest BCUT2D eigenvalue weighted by atomic mass is 16.5. The van der Waals surface area contributed by atoms with Crippen molar-refractivity contribution in [3.05, 3.63) is 24.3 Å². The van der Waals surface area contributed by atoms with E-state index in [0.29, 0.717) is 23.3 Å². The Labute approximate surface area is 120 Å². The standard InChI is InChI=1S/C16H24N2O2/c1-11-4-3-5-15(12(11)2)18-16(19)10-20-14-8-6-13(17)7-9-14/h6-9,11-12,15H,3-5,10,17H2,1-2H3,(H,18,19). The van der Waals surface area contributed by atoms with Crippen molar-refractivity contribution in [2.75, 3.05) is 12.3 Å². The van der Waals surface area contributed by atoms with Crippen LogP contribution in [0.1, 0.15) is 33.1 Å². The molecule has 1 aromatic carbocycles. The van der Waals surface area contributed by atoms with Crippen LogP contribution in [0.4, 0.5) is 5.69 Å². The lowest BCUT2D eigenvalue weighted by Gasteiger charge is -2.34. The zero-order valence-corrected chi connectivity index (χ0v) is 12.3. The highest BCUT2D eigenvalue weighted by molar-refractivity contribution is 5.77. The molecular weight excluding hydrogens is 252 g/mol. The first kappa shape index (κ1) is 14.7. The molecule has 4 heteroatoms. The van der Waals surface area contributed by atoms with E-state index in [-0.39, 0.29) is 18.6 Å². The molecule has 2 rings (SSSR count). The van der Waals surface area contributed by atoms with Crippen molar-refractivity contribution in [1.29, 1.82) is 0 Å². The molecular formula is C16H24N2O2. The number of amides is 1. The molecule has 3 unspecified atom stereocenters. The van der Waals surface area contributed by atoms with Gasteiger partial charge in [-0.15, -0.1) is 0 Å². The highest BCUT2D eigenvalue weighted by Gasteiger charge is 2.28. The van der Waals surface area contributed by atoms with Crippen molar-refractivity contribution in [3.8, 4) is 5.75 Å². The first-order valence-electron chi connectivity index (χ1n) is 7.34. The molecule has 1 aliphatic carbocycles. The predicted molar refractivity (Wildman–Crippen MR) is 80.5 cm³/mol. The number of carbonyl (C=O) groups excluding carboxylic acids is 1. The molecule has 3 atom stereocenters. The van der Waals surface area contributed by atoms with Crippen LogP contribution in [0.5, 0.6) is 5.75 Å². The minimum absolute atomic E-state index is 0.0484. The van der Waals surface area contributed by atoms with E-state index in [0.717, 1.165) is 6.42 Å². The maximum absolute atomic E-state index is 11.9. The second kappa shape index (κ2) is 6.64. The Morgan fingerprint density at radius 2 is 2.00 bits per heavy atom. The molecule has 0 aromatic heterocycles. The van der Waals surface area contributed by atoms with E-state index in [4.69, 9.17) is 10.5 Å². The Hall–Kier alpha value is -1.71. The van der Waals surface area contributed by atoms with Crippen LogP contribution in [0.25, 0.3) is 0 Å². The number of carbonyl (C=O) groups is 1.